The summed E-state index contributed by atoms with van der Waals surface area (Å²) in [6, 6.07) is 51.8. The number of imidazole rings is 1. The van der Waals surface area contributed by atoms with Crippen LogP contribution in [0.3, 0.4) is 0 Å². The van der Waals surface area contributed by atoms with Crippen LogP contribution in [0.25, 0.3) is 0 Å². The lowest BCUT2D eigenvalue weighted by atomic mass is 9.41. The highest BCUT2D eigenvalue weighted by molar-refractivity contribution is 6.89. The summed E-state index contributed by atoms with van der Waals surface area (Å²) in [5.41, 5.74) is 6.63. The van der Waals surface area contributed by atoms with E-state index in [1.165, 1.54) is 32.8 Å². The van der Waals surface area contributed by atoms with Crippen LogP contribution in [0.2, 0.25) is 0 Å². The SMILES string of the molecule is C=CB(c1ccccc1)c1ccccc1.CCc1cccc([SiH2]C(c2ccccc2)(c2ccccc2)n2ccnc2)c1. The van der Waals surface area contributed by atoms with Crippen molar-refractivity contribution in [2.45, 2.75) is 18.5 Å². The van der Waals surface area contributed by atoms with Crippen LogP contribution in [0.1, 0.15) is 23.6 Å². The number of hydrogen-bond donors (Lipinski definition) is 0. The highest BCUT2D eigenvalue weighted by atomic mass is 28.2. The quantitative estimate of drug-likeness (QED) is 0.207. The zero-order valence-electron chi connectivity index (χ0n) is 24.3. The lowest BCUT2D eigenvalue weighted by Crippen LogP contribution is -2.46. The van der Waals surface area contributed by atoms with Crippen LogP contribution in [0.15, 0.2) is 177 Å². The van der Waals surface area contributed by atoms with Crippen molar-refractivity contribution in [2.75, 3.05) is 0 Å². The summed E-state index contributed by atoms with van der Waals surface area (Å²) in [6.07, 6.45) is 7.03. The van der Waals surface area contributed by atoms with Gasteiger partial charge in [-0.05, 0) is 23.1 Å². The molecule has 0 radical (unpaired) electrons. The normalized spacial score (nSPS) is 11.1. The third kappa shape index (κ3) is 6.62. The predicted molar refractivity (Wildman–Crippen MR) is 183 cm³/mol. The van der Waals surface area contributed by atoms with Gasteiger partial charge >= 0.3 is 0 Å². The van der Waals surface area contributed by atoms with Crippen molar-refractivity contribution in [1.82, 2.24) is 9.55 Å². The Kier molecular flexibility index (Phi) is 9.82. The molecule has 0 spiro atoms. The molecule has 0 saturated carbocycles. The van der Waals surface area contributed by atoms with Crippen molar-refractivity contribution in [1.29, 1.82) is 0 Å². The summed E-state index contributed by atoms with van der Waals surface area (Å²) in [7, 11) is -0.778. The molecule has 0 N–H and O–H groups in total. The predicted octanol–water partition coefficient (Wildman–Crippen LogP) is 5.71. The van der Waals surface area contributed by atoms with Crippen LogP contribution >= 0.6 is 0 Å². The highest BCUT2D eigenvalue weighted by Crippen LogP contribution is 2.33. The van der Waals surface area contributed by atoms with Crippen molar-refractivity contribution in [3.8, 4) is 0 Å². The van der Waals surface area contributed by atoms with Crippen LogP contribution in [-0.4, -0.2) is 25.8 Å². The maximum atomic E-state index is 4.40. The van der Waals surface area contributed by atoms with E-state index in [2.05, 4.69) is 163 Å². The Bertz CT molecular complexity index is 1560. The highest BCUT2D eigenvalue weighted by Gasteiger charge is 2.36. The summed E-state index contributed by atoms with van der Waals surface area (Å²) < 4.78 is 2.31. The largest absolute Gasteiger partial charge is 0.326 e. The summed E-state index contributed by atoms with van der Waals surface area (Å²) in [5, 5.41) is 1.27. The summed E-state index contributed by atoms with van der Waals surface area (Å²) in [5.74, 6) is 1.99. The van der Waals surface area contributed by atoms with Gasteiger partial charge in [-0.15, -0.1) is 12.6 Å². The smallest absolute Gasteiger partial charge is 0.233 e. The van der Waals surface area contributed by atoms with Crippen molar-refractivity contribution >= 4 is 32.3 Å². The number of aryl methyl sites for hydroxylation is 1. The molecule has 0 aliphatic rings. The average Bonchev–Trinajstić information content (AvgIpc) is 3.62. The van der Waals surface area contributed by atoms with Gasteiger partial charge in [-0.2, -0.15) is 0 Å². The molecular weight excluding hydrogens is 523 g/mol. The molecule has 0 amide bonds. The third-order valence-electron chi connectivity index (χ3n) is 7.86. The molecule has 0 bridgehead atoms. The van der Waals surface area contributed by atoms with E-state index in [1.807, 2.05) is 30.6 Å². The van der Waals surface area contributed by atoms with E-state index in [9.17, 15) is 0 Å². The summed E-state index contributed by atoms with van der Waals surface area (Å²) >= 11 is 0. The van der Waals surface area contributed by atoms with Gasteiger partial charge in [0.1, 0.15) is 0 Å². The molecule has 0 saturated heterocycles. The second-order valence-electron chi connectivity index (χ2n) is 10.4. The molecule has 6 rings (SSSR count). The molecule has 1 aromatic heterocycles. The molecule has 42 heavy (non-hydrogen) atoms. The lowest BCUT2D eigenvalue weighted by molar-refractivity contribution is 0.596. The van der Waals surface area contributed by atoms with Crippen LogP contribution in [0.4, 0.5) is 0 Å². The molecule has 0 aliphatic carbocycles. The van der Waals surface area contributed by atoms with E-state index >= 15 is 0 Å². The van der Waals surface area contributed by atoms with E-state index in [0.29, 0.717) is 6.71 Å². The topological polar surface area (TPSA) is 17.8 Å². The van der Waals surface area contributed by atoms with Crippen molar-refractivity contribution in [2.24, 2.45) is 0 Å². The van der Waals surface area contributed by atoms with Gasteiger partial charge in [-0.25, -0.2) is 4.98 Å². The molecule has 0 unspecified atom stereocenters. The van der Waals surface area contributed by atoms with Gasteiger partial charge in [0.05, 0.1) is 21.0 Å². The van der Waals surface area contributed by atoms with E-state index in [-0.39, 0.29) is 5.16 Å². The second-order valence-corrected chi connectivity index (χ2v) is 12.6. The van der Waals surface area contributed by atoms with Crippen LogP contribution < -0.4 is 16.1 Å². The maximum Gasteiger partial charge on any atom is 0.233 e. The number of nitrogens with zero attached hydrogens (tertiary/aromatic N) is 2. The first-order valence-corrected chi connectivity index (χ1v) is 16.1. The van der Waals surface area contributed by atoms with Gasteiger partial charge in [0, 0.05) is 12.4 Å². The standard InChI is InChI=1S/C24H24N2Si.C14H13B/c1-2-20-10-9-15-23(18-20)27-24(26-17-16-25-19-26,21-11-5-3-6-12-21)22-13-7-4-8-14-22;1-2-15(13-9-5-3-6-10-13)14-11-7-4-8-12-14/h3-19H,2,27H2,1H3;2-12H,1H2. The zero-order valence-corrected chi connectivity index (χ0v) is 25.7. The summed E-state index contributed by atoms with van der Waals surface area (Å²) in [4.78, 5) is 4.40. The second kappa shape index (κ2) is 14.3. The van der Waals surface area contributed by atoms with Gasteiger partial charge in [0.15, 0.2) is 0 Å². The number of hydrogen-bond acceptors (Lipinski definition) is 1. The van der Waals surface area contributed by atoms with E-state index < -0.39 is 9.52 Å². The van der Waals surface area contributed by atoms with E-state index in [0.717, 1.165) is 6.42 Å². The van der Waals surface area contributed by atoms with E-state index in [1.54, 1.807) is 0 Å². The molecule has 1 heterocycles. The van der Waals surface area contributed by atoms with Crippen molar-refractivity contribution in [3.05, 3.63) is 194 Å². The van der Waals surface area contributed by atoms with Gasteiger partial charge in [0.25, 0.3) is 0 Å². The van der Waals surface area contributed by atoms with Crippen molar-refractivity contribution in [3.63, 3.8) is 0 Å². The van der Waals surface area contributed by atoms with Gasteiger partial charge in [-0.3, -0.25) is 0 Å². The molecule has 0 fully saturated rings. The van der Waals surface area contributed by atoms with Gasteiger partial charge < -0.3 is 4.57 Å². The monoisotopic (exact) mass is 560 g/mol. The van der Waals surface area contributed by atoms with E-state index in [4.69, 9.17) is 0 Å². The Morgan fingerprint density at radius 3 is 1.69 bits per heavy atom. The first-order chi connectivity index (χ1) is 20.7. The molecular formula is C38H37BN2Si. The molecule has 206 valence electrons. The van der Waals surface area contributed by atoms with Crippen LogP contribution in [0, 0.1) is 0 Å². The van der Waals surface area contributed by atoms with Crippen molar-refractivity contribution < 1.29 is 0 Å². The lowest BCUT2D eigenvalue weighted by Gasteiger charge is -2.37. The molecule has 4 heteroatoms. The number of rotatable bonds is 9. The average molecular weight is 561 g/mol. The zero-order chi connectivity index (χ0) is 29.0. The fraction of sp³-hybridized carbons (Fsp3) is 0.0789. The Hall–Kier alpha value is -4.67. The Morgan fingerprint density at radius 1 is 0.714 bits per heavy atom. The summed E-state index contributed by atoms with van der Waals surface area (Å²) in [6.45, 7) is 6.43. The minimum absolute atomic E-state index is 0.203. The Labute approximate surface area is 253 Å². The molecule has 0 atom stereocenters. The third-order valence-corrected chi connectivity index (χ3v) is 10.4. The minimum Gasteiger partial charge on any atom is -0.326 e. The molecule has 0 aliphatic heterocycles. The fourth-order valence-corrected chi connectivity index (χ4v) is 8.17. The van der Waals surface area contributed by atoms with Gasteiger partial charge in [-0.1, -0.05) is 169 Å². The minimum atomic E-state index is -0.778. The van der Waals surface area contributed by atoms with Crippen LogP contribution in [0.5, 0.6) is 0 Å². The Balaban J connectivity index is 0.000000199. The van der Waals surface area contributed by atoms with Crippen LogP contribution in [-0.2, 0) is 11.6 Å². The Morgan fingerprint density at radius 2 is 1.24 bits per heavy atom. The molecule has 5 aromatic carbocycles. The number of benzene rings is 5. The first-order valence-electron chi connectivity index (χ1n) is 14.6. The van der Waals surface area contributed by atoms with Gasteiger partial charge in [0.2, 0.25) is 6.71 Å². The molecule has 2 nitrogen and oxygen atoms in total. The first kappa shape index (κ1) is 28.8. The maximum absolute atomic E-state index is 4.40. The number of aromatic nitrogens is 2. The fourth-order valence-electron chi connectivity index (χ4n) is 5.71. The molecule has 6 aromatic rings.